The predicted octanol–water partition coefficient (Wildman–Crippen LogP) is 1.05. The van der Waals surface area contributed by atoms with Crippen molar-refractivity contribution in [3.05, 3.63) is 18.3 Å². The Morgan fingerprint density at radius 3 is 3.17 bits per heavy atom. The Kier molecular flexibility index (Phi) is 4.83. The van der Waals surface area contributed by atoms with Crippen molar-refractivity contribution in [1.29, 1.82) is 0 Å². The topological polar surface area (TPSA) is 77.2 Å². The molecule has 1 aromatic heterocycles. The van der Waals surface area contributed by atoms with Crippen molar-refractivity contribution in [2.75, 3.05) is 24.6 Å². The lowest BCUT2D eigenvalue weighted by Crippen LogP contribution is -2.32. The van der Waals surface area contributed by atoms with E-state index in [-0.39, 0.29) is 12.0 Å². The molecule has 0 saturated carbocycles. The molecular weight excluding hydrogens is 250 g/mol. The molecular formula is C12H17N3O2S. The van der Waals surface area contributed by atoms with Crippen molar-refractivity contribution in [3.63, 3.8) is 0 Å². The third-order valence-corrected chi connectivity index (χ3v) is 3.66. The molecule has 0 bridgehead atoms. The van der Waals surface area contributed by atoms with Crippen molar-refractivity contribution in [2.24, 2.45) is 0 Å². The van der Waals surface area contributed by atoms with E-state index in [1.54, 1.807) is 12.3 Å². The van der Waals surface area contributed by atoms with E-state index >= 15 is 0 Å². The Balaban J connectivity index is 1.66. The number of nitrogens with two attached hydrogens (primary N) is 1. The summed E-state index contributed by atoms with van der Waals surface area (Å²) in [6, 6.07) is 3.59. The lowest BCUT2D eigenvalue weighted by Gasteiger charge is -2.10. The smallest absolute Gasteiger partial charge is 0.230 e. The van der Waals surface area contributed by atoms with Crippen molar-refractivity contribution in [1.82, 2.24) is 10.3 Å². The monoisotopic (exact) mass is 267 g/mol. The molecule has 1 aromatic rings. The van der Waals surface area contributed by atoms with Crippen molar-refractivity contribution in [3.8, 4) is 0 Å². The van der Waals surface area contributed by atoms with Gasteiger partial charge in [0.2, 0.25) is 5.91 Å². The molecule has 2 rings (SSSR count). The third kappa shape index (κ3) is 4.19. The molecule has 18 heavy (non-hydrogen) atoms. The van der Waals surface area contributed by atoms with E-state index in [1.165, 1.54) is 11.8 Å². The van der Waals surface area contributed by atoms with E-state index < -0.39 is 0 Å². The average molecular weight is 267 g/mol. The first-order chi connectivity index (χ1) is 8.74. The van der Waals surface area contributed by atoms with Gasteiger partial charge in [-0.05, 0) is 25.0 Å². The molecule has 1 unspecified atom stereocenters. The summed E-state index contributed by atoms with van der Waals surface area (Å²) in [7, 11) is 0. The van der Waals surface area contributed by atoms with Gasteiger partial charge < -0.3 is 15.8 Å². The number of hydrogen-bond acceptors (Lipinski definition) is 5. The summed E-state index contributed by atoms with van der Waals surface area (Å²) in [5.41, 5.74) is 5.49. The number of anilines is 1. The molecule has 1 fully saturated rings. The Labute approximate surface area is 110 Å². The number of carbonyl (C=O) groups is 1. The second kappa shape index (κ2) is 6.61. The molecule has 1 aliphatic heterocycles. The zero-order valence-corrected chi connectivity index (χ0v) is 10.9. The van der Waals surface area contributed by atoms with Gasteiger partial charge in [0, 0.05) is 24.2 Å². The first-order valence-corrected chi connectivity index (χ1v) is 6.95. The summed E-state index contributed by atoms with van der Waals surface area (Å²) in [6.45, 7) is 1.42. The number of ether oxygens (including phenoxy) is 1. The number of thioether (sulfide) groups is 1. The molecule has 6 heteroatoms. The minimum absolute atomic E-state index is 0.0207. The summed E-state index contributed by atoms with van der Waals surface area (Å²) >= 11 is 1.45. The highest BCUT2D eigenvalue weighted by Crippen LogP contribution is 2.17. The second-order valence-corrected chi connectivity index (χ2v) is 5.20. The van der Waals surface area contributed by atoms with Gasteiger partial charge in [0.15, 0.2) is 0 Å². The van der Waals surface area contributed by atoms with Crippen LogP contribution in [0.3, 0.4) is 0 Å². The fourth-order valence-corrected chi connectivity index (χ4v) is 2.40. The lowest BCUT2D eigenvalue weighted by atomic mass is 10.2. The van der Waals surface area contributed by atoms with Crippen LogP contribution in [0.15, 0.2) is 23.2 Å². The van der Waals surface area contributed by atoms with Crippen LogP contribution in [0, 0.1) is 0 Å². The molecule has 0 aromatic carbocycles. The fraction of sp³-hybridized carbons (Fsp3) is 0.500. The predicted molar refractivity (Wildman–Crippen MR) is 71.4 cm³/mol. The first kappa shape index (κ1) is 13.2. The molecule has 3 N–H and O–H groups in total. The van der Waals surface area contributed by atoms with Crippen LogP contribution in [0.2, 0.25) is 0 Å². The zero-order valence-electron chi connectivity index (χ0n) is 10.1. The lowest BCUT2D eigenvalue weighted by molar-refractivity contribution is -0.119. The maximum Gasteiger partial charge on any atom is 0.230 e. The van der Waals surface area contributed by atoms with Gasteiger partial charge in [-0.2, -0.15) is 0 Å². The Bertz CT molecular complexity index is 391. The third-order valence-electron chi connectivity index (χ3n) is 2.68. The van der Waals surface area contributed by atoms with E-state index in [2.05, 4.69) is 10.3 Å². The summed E-state index contributed by atoms with van der Waals surface area (Å²) in [4.78, 5) is 16.5. The number of nitrogens with one attached hydrogen (secondary N) is 1. The van der Waals surface area contributed by atoms with Gasteiger partial charge >= 0.3 is 0 Å². The zero-order chi connectivity index (χ0) is 12.8. The molecule has 1 amide bonds. The van der Waals surface area contributed by atoms with Gasteiger partial charge in [-0.1, -0.05) is 0 Å². The van der Waals surface area contributed by atoms with Gasteiger partial charge in [0.1, 0.15) is 5.82 Å². The quantitative estimate of drug-likeness (QED) is 0.780. The molecule has 98 valence electrons. The van der Waals surface area contributed by atoms with Crippen LogP contribution in [-0.2, 0) is 9.53 Å². The molecule has 1 saturated heterocycles. The summed E-state index contributed by atoms with van der Waals surface area (Å²) in [5.74, 6) is 0.896. The number of hydrogen-bond donors (Lipinski definition) is 2. The molecule has 2 heterocycles. The van der Waals surface area contributed by atoms with Gasteiger partial charge in [-0.25, -0.2) is 4.98 Å². The molecule has 0 aliphatic carbocycles. The minimum Gasteiger partial charge on any atom is -0.384 e. The van der Waals surface area contributed by atoms with E-state index in [1.807, 2.05) is 6.07 Å². The number of aromatic nitrogens is 1. The number of rotatable bonds is 5. The van der Waals surface area contributed by atoms with Crippen LogP contribution in [0.1, 0.15) is 12.8 Å². The largest absolute Gasteiger partial charge is 0.384 e. The maximum atomic E-state index is 11.6. The standard InChI is InChI=1S/C12H17N3O2S/c13-11-4-3-10(7-14-11)18-8-12(16)15-6-9-2-1-5-17-9/h3-4,7,9H,1-2,5-6,8H2,(H2,13,14)(H,15,16). The van der Waals surface area contributed by atoms with Gasteiger partial charge in [-0.3, -0.25) is 4.79 Å². The van der Waals surface area contributed by atoms with Gasteiger partial charge in [0.25, 0.3) is 0 Å². The minimum atomic E-state index is 0.0207. The van der Waals surface area contributed by atoms with Crippen LogP contribution >= 0.6 is 11.8 Å². The number of carbonyl (C=O) groups excluding carboxylic acids is 1. The summed E-state index contributed by atoms with van der Waals surface area (Å²) in [5, 5.41) is 2.88. The molecule has 5 nitrogen and oxygen atoms in total. The first-order valence-electron chi connectivity index (χ1n) is 5.96. The van der Waals surface area contributed by atoms with Crippen molar-refractivity contribution >= 4 is 23.5 Å². The Morgan fingerprint density at radius 1 is 1.61 bits per heavy atom. The maximum absolute atomic E-state index is 11.6. The highest BCUT2D eigenvalue weighted by Gasteiger charge is 2.15. The number of nitrogen functional groups attached to an aromatic ring is 1. The van der Waals surface area contributed by atoms with Crippen molar-refractivity contribution in [2.45, 2.75) is 23.8 Å². The Morgan fingerprint density at radius 2 is 2.50 bits per heavy atom. The number of amides is 1. The Hall–Kier alpha value is -1.27. The van der Waals surface area contributed by atoms with Crippen LogP contribution in [0.25, 0.3) is 0 Å². The number of pyridine rings is 1. The van der Waals surface area contributed by atoms with Crippen LogP contribution in [0.5, 0.6) is 0 Å². The van der Waals surface area contributed by atoms with Crippen LogP contribution in [-0.4, -0.2) is 35.9 Å². The van der Waals surface area contributed by atoms with Crippen LogP contribution in [0.4, 0.5) is 5.82 Å². The highest BCUT2D eigenvalue weighted by atomic mass is 32.2. The van der Waals surface area contributed by atoms with E-state index in [4.69, 9.17) is 10.5 Å². The van der Waals surface area contributed by atoms with E-state index in [0.29, 0.717) is 18.1 Å². The average Bonchev–Trinajstić information content (AvgIpc) is 2.89. The van der Waals surface area contributed by atoms with E-state index in [9.17, 15) is 4.79 Å². The number of nitrogens with zero attached hydrogens (tertiary/aromatic N) is 1. The van der Waals surface area contributed by atoms with E-state index in [0.717, 1.165) is 24.3 Å². The molecule has 0 spiro atoms. The molecule has 0 radical (unpaired) electrons. The second-order valence-electron chi connectivity index (χ2n) is 4.15. The molecule has 1 aliphatic rings. The van der Waals surface area contributed by atoms with Gasteiger partial charge in [-0.15, -0.1) is 11.8 Å². The normalized spacial score (nSPS) is 18.8. The van der Waals surface area contributed by atoms with Crippen LogP contribution < -0.4 is 11.1 Å². The van der Waals surface area contributed by atoms with Crippen molar-refractivity contribution < 1.29 is 9.53 Å². The van der Waals surface area contributed by atoms with Gasteiger partial charge in [0.05, 0.1) is 11.9 Å². The highest BCUT2D eigenvalue weighted by molar-refractivity contribution is 8.00. The fourth-order valence-electron chi connectivity index (χ4n) is 1.71. The summed E-state index contributed by atoms with van der Waals surface area (Å²) in [6.07, 6.45) is 3.99. The molecule has 1 atom stereocenters. The summed E-state index contributed by atoms with van der Waals surface area (Å²) < 4.78 is 5.43. The SMILES string of the molecule is Nc1ccc(SCC(=O)NCC2CCCO2)cn1.